The molecule has 20 heavy (non-hydrogen) atoms. The van der Waals surface area contributed by atoms with Crippen molar-refractivity contribution in [2.75, 3.05) is 20.3 Å². The number of nitrogens with one attached hydrogen (secondary N) is 1. The standard InChI is InChI=1S/C14H19NO4S/c1-11(2)10-15-20(17,18)14-9-12(5-4-8-16)6-7-13(14)19-3/h6-7,9,11,15-16H,8,10H2,1-3H3. The van der Waals surface area contributed by atoms with Crippen LogP contribution < -0.4 is 9.46 Å². The SMILES string of the molecule is COc1ccc(C#CCO)cc1S(=O)(=O)NCC(C)C. The summed E-state index contributed by atoms with van der Waals surface area (Å²) in [5.41, 5.74) is 0.504. The van der Waals surface area contributed by atoms with Crippen LogP contribution in [0, 0.1) is 17.8 Å². The first-order chi connectivity index (χ1) is 9.40. The fourth-order valence-corrected chi connectivity index (χ4v) is 2.87. The van der Waals surface area contributed by atoms with Crippen LogP contribution in [0.1, 0.15) is 19.4 Å². The Morgan fingerprint density at radius 2 is 2.10 bits per heavy atom. The molecular formula is C14H19NO4S. The van der Waals surface area contributed by atoms with E-state index in [1.54, 1.807) is 12.1 Å². The normalized spacial score (nSPS) is 11.1. The monoisotopic (exact) mass is 297 g/mol. The van der Waals surface area contributed by atoms with Crippen molar-refractivity contribution in [1.82, 2.24) is 4.72 Å². The van der Waals surface area contributed by atoms with Gasteiger partial charge >= 0.3 is 0 Å². The third-order valence-corrected chi connectivity index (χ3v) is 3.89. The molecule has 0 unspecified atom stereocenters. The molecular weight excluding hydrogens is 278 g/mol. The average Bonchev–Trinajstić information content (AvgIpc) is 2.42. The molecule has 0 bridgehead atoms. The molecule has 0 aliphatic heterocycles. The molecule has 6 heteroatoms. The van der Waals surface area contributed by atoms with Gasteiger partial charge in [0.25, 0.3) is 0 Å². The molecule has 0 radical (unpaired) electrons. The Labute approximate surface area is 120 Å². The molecule has 0 spiro atoms. The van der Waals surface area contributed by atoms with Crippen LogP contribution in [-0.2, 0) is 10.0 Å². The average molecular weight is 297 g/mol. The van der Waals surface area contributed by atoms with Gasteiger partial charge in [0.1, 0.15) is 17.3 Å². The number of benzene rings is 1. The van der Waals surface area contributed by atoms with Crippen molar-refractivity contribution in [1.29, 1.82) is 0 Å². The number of aliphatic hydroxyl groups excluding tert-OH is 1. The van der Waals surface area contributed by atoms with E-state index in [1.807, 2.05) is 13.8 Å². The molecule has 0 saturated carbocycles. The van der Waals surface area contributed by atoms with Crippen molar-refractivity contribution in [2.24, 2.45) is 5.92 Å². The van der Waals surface area contributed by atoms with E-state index < -0.39 is 10.0 Å². The van der Waals surface area contributed by atoms with Crippen molar-refractivity contribution < 1.29 is 18.3 Å². The van der Waals surface area contributed by atoms with Crippen molar-refractivity contribution in [3.8, 4) is 17.6 Å². The fourth-order valence-electron chi connectivity index (χ4n) is 1.46. The number of ether oxygens (including phenoxy) is 1. The van der Waals surface area contributed by atoms with Crippen molar-refractivity contribution in [2.45, 2.75) is 18.7 Å². The maximum atomic E-state index is 12.3. The predicted octanol–water partition coefficient (Wildman–Crippen LogP) is 0.973. The number of rotatable bonds is 5. The molecule has 0 heterocycles. The van der Waals surface area contributed by atoms with Gasteiger partial charge in [-0.3, -0.25) is 0 Å². The van der Waals surface area contributed by atoms with Crippen LogP contribution in [0.3, 0.4) is 0 Å². The molecule has 0 saturated heterocycles. The number of hydrogen-bond donors (Lipinski definition) is 2. The maximum absolute atomic E-state index is 12.3. The molecule has 1 aromatic rings. The molecule has 1 aromatic carbocycles. The highest BCUT2D eigenvalue weighted by Gasteiger charge is 2.19. The summed E-state index contributed by atoms with van der Waals surface area (Å²) in [7, 11) is -2.24. The Morgan fingerprint density at radius 3 is 2.65 bits per heavy atom. The van der Waals surface area contributed by atoms with Gasteiger partial charge < -0.3 is 9.84 Å². The summed E-state index contributed by atoms with van der Waals surface area (Å²) < 4.78 is 32.1. The topological polar surface area (TPSA) is 75.6 Å². The molecule has 110 valence electrons. The number of methoxy groups -OCH3 is 1. The zero-order valence-electron chi connectivity index (χ0n) is 11.8. The van der Waals surface area contributed by atoms with E-state index in [0.717, 1.165) is 0 Å². The summed E-state index contributed by atoms with van der Waals surface area (Å²) in [6, 6.07) is 4.62. The first-order valence-electron chi connectivity index (χ1n) is 6.18. The molecule has 1 rings (SSSR count). The Balaban J connectivity index is 3.19. The van der Waals surface area contributed by atoms with Crippen LogP contribution in [0.4, 0.5) is 0 Å². The van der Waals surface area contributed by atoms with Crippen molar-refractivity contribution >= 4 is 10.0 Å². The fraction of sp³-hybridized carbons (Fsp3) is 0.429. The smallest absolute Gasteiger partial charge is 0.244 e. The Morgan fingerprint density at radius 1 is 1.40 bits per heavy atom. The highest BCUT2D eigenvalue weighted by Crippen LogP contribution is 2.24. The first kappa shape index (κ1) is 16.5. The summed E-state index contributed by atoms with van der Waals surface area (Å²) in [6.45, 7) is 3.91. The van der Waals surface area contributed by atoms with E-state index in [9.17, 15) is 8.42 Å². The lowest BCUT2D eigenvalue weighted by Gasteiger charge is -2.12. The molecule has 0 amide bonds. The second-order valence-electron chi connectivity index (χ2n) is 4.57. The maximum Gasteiger partial charge on any atom is 0.244 e. The Kier molecular flexibility index (Phi) is 6.02. The van der Waals surface area contributed by atoms with E-state index in [2.05, 4.69) is 16.6 Å². The van der Waals surface area contributed by atoms with Crippen LogP contribution in [0.5, 0.6) is 5.75 Å². The van der Waals surface area contributed by atoms with E-state index in [4.69, 9.17) is 9.84 Å². The molecule has 0 aliphatic carbocycles. The van der Waals surface area contributed by atoms with Crippen molar-refractivity contribution in [3.63, 3.8) is 0 Å². The molecule has 0 aromatic heterocycles. The number of sulfonamides is 1. The number of hydrogen-bond acceptors (Lipinski definition) is 4. The third-order valence-electron chi connectivity index (χ3n) is 2.45. The van der Waals surface area contributed by atoms with Crippen LogP contribution in [0.2, 0.25) is 0 Å². The molecule has 5 nitrogen and oxygen atoms in total. The predicted molar refractivity (Wildman–Crippen MR) is 77.0 cm³/mol. The van der Waals surface area contributed by atoms with Gasteiger partial charge in [-0.2, -0.15) is 0 Å². The highest BCUT2D eigenvalue weighted by molar-refractivity contribution is 7.89. The first-order valence-corrected chi connectivity index (χ1v) is 7.66. The third kappa shape index (κ3) is 4.53. The van der Waals surface area contributed by atoms with Gasteiger partial charge in [0.05, 0.1) is 7.11 Å². The molecule has 0 fully saturated rings. The van der Waals surface area contributed by atoms with Gasteiger partial charge in [-0.15, -0.1) is 0 Å². The summed E-state index contributed by atoms with van der Waals surface area (Å²) in [4.78, 5) is 0.0467. The van der Waals surface area contributed by atoms with Crippen LogP contribution >= 0.6 is 0 Å². The van der Waals surface area contributed by atoms with Crippen molar-refractivity contribution in [3.05, 3.63) is 23.8 Å². The summed E-state index contributed by atoms with van der Waals surface area (Å²) in [5, 5.41) is 8.67. The second-order valence-corrected chi connectivity index (χ2v) is 6.31. The van der Waals surface area contributed by atoms with E-state index in [-0.39, 0.29) is 23.2 Å². The van der Waals surface area contributed by atoms with Crippen LogP contribution in [-0.4, -0.2) is 33.8 Å². The number of aliphatic hydroxyl groups is 1. The minimum atomic E-state index is -3.65. The molecule has 2 N–H and O–H groups in total. The van der Waals surface area contributed by atoms with Crippen LogP contribution in [0.15, 0.2) is 23.1 Å². The largest absolute Gasteiger partial charge is 0.495 e. The lowest BCUT2D eigenvalue weighted by molar-refractivity contribution is 0.350. The van der Waals surface area contributed by atoms with E-state index >= 15 is 0 Å². The zero-order valence-corrected chi connectivity index (χ0v) is 12.6. The second kappa shape index (κ2) is 7.29. The zero-order chi connectivity index (χ0) is 15.2. The van der Waals surface area contributed by atoms with Gasteiger partial charge in [0.15, 0.2) is 0 Å². The minimum Gasteiger partial charge on any atom is -0.495 e. The Hall–Kier alpha value is -1.55. The van der Waals surface area contributed by atoms with Gasteiger partial charge in [-0.05, 0) is 24.1 Å². The lowest BCUT2D eigenvalue weighted by Crippen LogP contribution is -2.28. The highest BCUT2D eigenvalue weighted by atomic mass is 32.2. The molecule has 0 aliphatic rings. The minimum absolute atomic E-state index is 0.0467. The quantitative estimate of drug-likeness (QED) is 0.794. The summed E-state index contributed by atoms with van der Waals surface area (Å²) in [6.07, 6.45) is 0. The summed E-state index contributed by atoms with van der Waals surface area (Å²) in [5.74, 6) is 5.62. The lowest BCUT2D eigenvalue weighted by atomic mass is 10.2. The van der Waals surface area contributed by atoms with Gasteiger partial charge in [0.2, 0.25) is 10.0 Å². The van der Waals surface area contributed by atoms with E-state index in [0.29, 0.717) is 12.1 Å². The summed E-state index contributed by atoms with van der Waals surface area (Å²) >= 11 is 0. The van der Waals surface area contributed by atoms with E-state index in [1.165, 1.54) is 13.2 Å². The molecule has 0 atom stereocenters. The van der Waals surface area contributed by atoms with Gasteiger partial charge in [-0.25, -0.2) is 13.1 Å². The van der Waals surface area contributed by atoms with Crippen LogP contribution in [0.25, 0.3) is 0 Å². The van der Waals surface area contributed by atoms with Gasteiger partial charge in [-0.1, -0.05) is 25.7 Å². The van der Waals surface area contributed by atoms with Gasteiger partial charge in [0, 0.05) is 12.1 Å². The Bertz CT molecular complexity index is 612.